The van der Waals surface area contributed by atoms with Gasteiger partial charge < -0.3 is 5.32 Å². The highest BCUT2D eigenvalue weighted by Gasteiger charge is 2.43. The molecule has 1 aliphatic heterocycles. The van der Waals surface area contributed by atoms with Gasteiger partial charge in [-0.25, -0.2) is 0 Å². The smallest absolute Gasteiger partial charge is 0.388 e. The molecule has 1 N–H and O–H groups in total. The summed E-state index contributed by atoms with van der Waals surface area (Å²) in [4.78, 5) is 0. The minimum absolute atomic E-state index is 0.151. The van der Waals surface area contributed by atoms with Crippen molar-refractivity contribution < 1.29 is 13.2 Å². The van der Waals surface area contributed by atoms with E-state index in [0.717, 1.165) is 11.3 Å². The van der Waals surface area contributed by atoms with Gasteiger partial charge in [0.2, 0.25) is 0 Å². The Morgan fingerprint density at radius 2 is 1.70 bits per heavy atom. The highest BCUT2D eigenvalue weighted by atomic mass is 19.4. The molecule has 0 saturated heterocycles. The molecule has 1 aliphatic rings. The highest BCUT2D eigenvalue weighted by molar-refractivity contribution is 5.93. The lowest BCUT2D eigenvalue weighted by Gasteiger charge is -2.24. The molecule has 0 aliphatic carbocycles. The van der Waals surface area contributed by atoms with Crippen LogP contribution in [0.2, 0.25) is 0 Å². The van der Waals surface area contributed by atoms with Crippen LogP contribution in [0.4, 0.5) is 24.5 Å². The van der Waals surface area contributed by atoms with Gasteiger partial charge in [-0.15, -0.1) is 0 Å². The zero-order chi connectivity index (χ0) is 16.4. The largest absolute Gasteiger partial charge is 0.431 e. The van der Waals surface area contributed by atoms with E-state index in [0.29, 0.717) is 5.69 Å². The van der Waals surface area contributed by atoms with Crippen LogP contribution < -0.4 is 10.3 Å². The Balaban J connectivity index is 1.98. The lowest BCUT2D eigenvalue weighted by Crippen LogP contribution is -2.21. The summed E-state index contributed by atoms with van der Waals surface area (Å²) in [5.74, 6) is 0. The van der Waals surface area contributed by atoms with Gasteiger partial charge in [0.25, 0.3) is 0 Å². The molecule has 2 aromatic rings. The summed E-state index contributed by atoms with van der Waals surface area (Å²) >= 11 is 0. The molecule has 1 atom stereocenters. The summed E-state index contributed by atoms with van der Waals surface area (Å²) in [5.41, 5.74) is 1.60. The maximum atomic E-state index is 13.1. The first-order chi connectivity index (χ1) is 11.0. The van der Waals surface area contributed by atoms with E-state index in [1.165, 1.54) is 5.01 Å². The van der Waals surface area contributed by atoms with Crippen molar-refractivity contribution >= 4 is 17.1 Å². The Bertz CT molecular complexity index is 693. The SMILES string of the molecule is CNc1ccc(N2N=C(C(F)(F)F)CC2c2ccccc2)cc1. The van der Waals surface area contributed by atoms with E-state index < -0.39 is 17.9 Å². The first-order valence-corrected chi connectivity index (χ1v) is 7.25. The number of anilines is 2. The Labute approximate surface area is 132 Å². The fraction of sp³-hybridized carbons (Fsp3) is 0.235. The minimum Gasteiger partial charge on any atom is -0.388 e. The quantitative estimate of drug-likeness (QED) is 0.895. The van der Waals surface area contributed by atoms with Crippen molar-refractivity contribution in [3.63, 3.8) is 0 Å². The number of alkyl halides is 3. The molecule has 0 amide bonds. The molecule has 1 unspecified atom stereocenters. The summed E-state index contributed by atoms with van der Waals surface area (Å²) in [6, 6.07) is 15.9. The molecule has 1 heterocycles. The third kappa shape index (κ3) is 3.16. The predicted molar refractivity (Wildman–Crippen MR) is 85.8 cm³/mol. The summed E-state index contributed by atoms with van der Waals surface area (Å²) in [6.45, 7) is 0. The summed E-state index contributed by atoms with van der Waals surface area (Å²) in [5, 5.41) is 8.29. The van der Waals surface area contributed by atoms with Crippen LogP contribution in [0, 0.1) is 0 Å². The molecule has 6 heteroatoms. The maximum Gasteiger partial charge on any atom is 0.431 e. The van der Waals surface area contributed by atoms with Crippen molar-refractivity contribution in [1.29, 1.82) is 0 Å². The lowest BCUT2D eigenvalue weighted by molar-refractivity contribution is -0.0600. The van der Waals surface area contributed by atoms with Gasteiger partial charge in [-0.05, 0) is 29.8 Å². The van der Waals surface area contributed by atoms with Crippen molar-refractivity contribution in [3.8, 4) is 0 Å². The van der Waals surface area contributed by atoms with Crippen molar-refractivity contribution in [1.82, 2.24) is 0 Å². The van der Waals surface area contributed by atoms with E-state index in [2.05, 4.69) is 10.4 Å². The molecular weight excluding hydrogens is 303 g/mol. The molecule has 0 spiro atoms. The van der Waals surface area contributed by atoms with Crippen molar-refractivity contribution in [3.05, 3.63) is 60.2 Å². The van der Waals surface area contributed by atoms with Crippen LogP contribution in [0.1, 0.15) is 18.0 Å². The Morgan fingerprint density at radius 3 is 2.26 bits per heavy atom. The van der Waals surface area contributed by atoms with Gasteiger partial charge in [0.05, 0.1) is 11.7 Å². The summed E-state index contributed by atoms with van der Waals surface area (Å²) in [6.07, 6.45) is -4.56. The number of rotatable bonds is 3. The molecule has 0 radical (unpaired) electrons. The van der Waals surface area contributed by atoms with Crippen LogP contribution in [-0.4, -0.2) is 18.9 Å². The average molecular weight is 319 g/mol. The number of benzene rings is 2. The molecule has 120 valence electrons. The maximum absolute atomic E-state index is 13.1. The van der Waals surface area contributed by atoms with Crippen LogP contribution >= 0.6 is 0 Å². The Kier molecular flexibility index (Phi) is 3.98. The van der Waals surface area contributed by atoms with E-state index in [1.54, 1.807) is 19.2 Å². The van der Waals surface area contributed by atoms with Crippen molar-refractivity contribution in [2.75, 3.05) is 17.4 Å². The van der Waals surface area contributed by atoms with Crippen LogP contribution in [0.3, 0.4) is 0 Å². The first kappa shape index (κ1) is 15.4. The first-order valence-electron chi connectivity index (χ1n) is 7.25. The third-order valence-corrected chi connectivity index (χ3v) is 3.84. The predicted octanol–water partition coefficient (Wildman–Crippen LogP) is 4.60. The van der Waals surface area contributed by atoms with Crippen LogP contribution in [0.5, 0.6) is 0 Å². The van der Waals surface area contributed by atoms with Gasteiger partial charge >= 0.3 is 6.18 Å². The summed E-state index contributed by atoms with van der Waals surface area (Å²) < 4.78 is 39.3. The minimum atomic E-state index is -4.41. The molecule has 0 saturated carbocycles. The number of nitrogens with one attached hydrogen (secondary N) is 1. The molecule has 2 aromatic carbocycles. The average Bonchev–Trinajstić information content (AvgIpc) is 3.01. The zero-order valence-corrected chi connectivity index (χ0v) is 12.5. The second kappa shape index (κ2) is 5.95. The van der Waals surface area contributed by atoms with Gasteiger partial charge in [-0.3, -0.25) is 5.01 Å². The number of hydrogen-bond donors (Lipinski definition) is 1. The Morgan fingerprint density at radius 1 is 1.04 bits per heavy atom. The van der Waals surface area contributed by atoms with Gasteiger partial charge in [0.1, 0.15) is 5.71 Å². The van der Waals surface area contributed by atoms with E-state index in [4.69, 9.17) is 0 Å². The zero-order valence-electron chi connectivity index (χ0n) is 12.5. The monoisotopic (exact) mass is 319 g/mol. The van der Waals surface area contributed by atoms with E-state index in [9.17, 15) is 13.2 Å². The Hall–Kier alpha value is -2.50. The normalized spacial score (nSPS) is 18.0. The molecule has 0 aromatic heterocycles. The van der Waals surface area contributed by atoms with Crippen LogP contribution in [0.15, 0.2) is 59.7 Å². The third-order valence-electron chi connectivity index (χ3n) is 3.84. The van der Waals surface area contributed by atoms with Gasteiger partial charge in [0.15, 0.2) is 0 Å². The van der Waals surface area contributed by atoms with Crippen LogP contribution in [-0.2, 0) is 0 Å². The van der Waals surface area contributed by atoms with Gasteiger partial charge in [-0.2, -0.15) is 18.3 Å². The van der Waals surface area contributed by atoms with Crippen molar-refractivity contribution in [2.45, 2.75) is 18.6 Å². The van der Waals surface area contributed by atoms with Crippen molar-refractivity contribution in [2.24, 2.45) is 5.10 Å². The van der Waals surface area contributed by atoms with Gasteiger partial charge in [-0.1, -0.05) is 30.3 Å². The summed E-state index contributed by atoms with van der Waals surface area (Å²) in [7, 11) is 1.79. The molecule has 0 bridgehead atoms. The standard InChI is InChI=1S/C17H16F3N3/c1-21-13-7-9-14(10-8-13)23-15(12-5-3-2-4-6-12)11-16(22-23)17(18,19)20/h2-10,15,21H,11H2,1H3. The van der Waals surface area contributed by atoms with E-state index >= 15 is 0 Å². The highest BCUT2D eigenvalue weighted by Crippen LogP contribution is 2.39. The van der Waals surface area contributed by atoms with E-state index in [1.807, 2.05) is 42.5 Å². The molecule has 0 fully saturated rings. The topological polar surface area (TPSA) is 27.6 Å². The fourth-order valence-corrected chi connectivity index (χ4v) is 2.64. The number of hydrazone groups is 1. The molecule has 3 rings (SSSR count). The number of nitrogens with zero attached hydrogens (tertiary/aromatic N) is 2. The van der Waals surface area contributed by atoms with Gasteiger partial charge in [0, 0.05) is 19.2 Å². The number of halogens is 3. The molecule has 23 heavy (non-hydrogen) atoms. The van der Waals surface area contributed by atoms with E-state index in [-0.39, 0.29) is 6.42 Å². The second-order valence-electron chi connectivity index (χ2n) is 5.32. The fourth-order valence-electron chi connectivity index (χ4n) is 2.64. The lowest BCUT2D eigenvalue weighted by atomic mass is 10.0. The molecule has 3 nitrogen and oxygen atoms in total. The number of hydrogen-bond acceptors (Lipinski definition) is 3. The van der Waals surface area contributed by atoms with Crippen LogP contribution in [0.25, 0.3) is 0 Å². The molecular formula is C17H16F3N3. The second-order valence-corrected chi connectivity index (χ2v) is 5.32.